The number of rotatable bonds is 7. The minimum Gasteiger partial charge on any atom is -0.322 e. The van der Waals surface area contributed by atoms with Gasteiger partial charge in [0.15, 0.2) is 0 Å². The highest BCUT2D eigenvalue weighted by atomic mass is 32.1. The summed E-state index contributed by atoms with van der Waals surface area (Å²) in [5.74, 6) is -1.71. The summed E-state index contributed by atoms with van der Waals surface area (Å²) >= 11 is 1.59. The predicted octanol–water partition coefficient (Wildman–Crippen LogP) is 4.91. The number of hydrogen-bond acceptors (Lipinski definition) is 3. The molecule has 0 bridgehead atoms. The molecule has 6 heteroatoms. The summed E-state index contributed by atoms with van der Waals surface area (Å²) in [6, 6.07) is 15.0. The van der Waals surface area contributed by atoms with Crippen LogP contribution in [0.3, 0.4) is 0 Å². The largest absolute Gasteiger partial charge is 0.322 e. The average molecular weight is 386 g/mol. The predicted molar refractivity (Wildman–Crippen MR) is 105 cm³/mol. The number of benzene rings is 2. The van der Waals surface area contributed by atoms with E-state index >= 15 is 0 Å². The molecule has 0 saturated carbocycles. The second-order valence-electron chi connectivity index (χ2n) is 6.10. The summed E-state index contributed by atoms with van der Waals surface area (Å²) in [5.41, 5.74) is 2.11. The molecule has 1 atom stereocenters. The van der Waals surface area contributed by atoms with Crippen LogP contribution in [0.2, 0.25) is 0 Å². The van der Waals surface area contributed by atoms with Crippen LogP contribution in [0.25, 0.3) is 0 Å². The van der Waals surface area contributed by atoms with Crippen LogP contribution in [-0.2, 0) is 11.2 Å². The maximum Gasteiger partial charge on any atom is 0.238 e. The summed E-state index contributed by atoms with van der Waals surface area (Å²) in [6.45, 7) is 2.06. The van der Waals surface area contributed by atoms with Crippen molar-refractivity contribution in [1.29, 1.82) is 0 Å². The van der Waals surface area contributed by atoms with Crippen molar-refractivity contribution < 1.29 is 13.6 Å². The normalized spacial score (nSPS) is 12.0. The van der Waals surface area contributed by atoms with E-state index in [1.807, 2.05) is 29.6 Å². The lowest BCUT2D eigenvalue weighted by Crippen LogP contribution is -2.31. The van der Waals surface area contributed by atoms with Gasteiger partial charge in [0.05, 0.1) is 18.3 Å². The van der Waals surface area contributed by atoms with Crippen LogP contribution >= 0.6 is 11.3 Å². The van der Waals surface area contributed by atoms with E-state index in [-0.39, 0.29) is 18.3 Å². The zero-order chi connectivity index (χ0) is 19.2. The first kappa shape index (κ1) is 19.2. The molecular weight excluding hydrogens is 366 g/mol. The Hall–Kier alpha value is -2.57. The number of amides is 1. The highest BCUT2D eigenvalue weighted by Crippen LogP contribution is 2.26. The van der Waals surface area contributed by atoms with Crippen molar-refractivity contribution in [3.63, 3.8) is 0 Å². The van der Waals surface area contributed by atoms with Crippen molar-refractivity contribution in [2.75, 3.05) is 11.9 Å². The van der Waals surface area contributed by atoms with Crippen molar-refractivity contribution >= 4 is 22.9 Å². The second kappa shape index (κ2) is 8.88. The van der Waals surface area contributed by atoms with Crippen LogP contribution in [-0.4, -0.2) is 12.5 Å². The lowest BCUT2D eigenvalue weighted by Gasteiger charge is -2.18. The fourth-order valence-electron chi connectivity index (χ4n) is 2.77. The van der Waals surface area contributed by atoms with Gasteiger partial charge in [0.1, 0.15) is 11.6 Å². The van der Waals surface area contributed by atoms with E-state index in [0.717, 1.165) is 35.1 Å². The van der Waals surface area contributed by atoms with Crippen LogP contribution in [0.1, 0.15) is 29.0 Å². The van der Waals surface area contributed by atoms with Gasteiger partial charge in [-0.2, -0.15) is 0 Å². The van der Waals surface area contributed by atoms with Crippen LogP contribution in [0, 0.1) is 11.6 Å². The van der Waals surface area contributed by atoms with Gasteiger partial charge >= 0.3 is 0 Å². The molecule has 3 rings (SSSR count). The standard InChI is InChI=1S/C21H20F2N2OS/c1-2-14-5-7-15(8-6-14)21(19-4-3-11-27-19)24-13-20(26)25-18-12-16(22)9-10-17(18)23/h3-12,21,24H,2,13H2,1H3,(H,25,26)/t21-/m1/s1. The van der Waals surface area contributed by atoms with Gasteiger partial charge in [0.25, 0.3) is 0 Å². The van der Waals surface area contributed by atoms with Crippen LogP contribution in [0.15, 0.2) is 60.0 Å². The summed E-state index contributed by atoms with van der Waals surface area (Å²) in [4.78, 5) is 13.3. The van der Waals surface area contributed by atoms with Crippen molar-refractivity contribution in [3.05, 3.63) is 87.6 Å². The zero-order valence-electron chi connectivity index (χ0n) is 14.8. The Bertz CT molecular complexity index is 895. The Labute approximate surface area is 161 Å². The molecule has 0 saturated heterocycles. The minimum absolute atomic E-state index is 0.0337. The molecule has 0 aliphatic carbocycles. The van der Waals surface area contributed by atoms with Gasteiger partial charge in [-0.1, -0.05) is 37.3 Å². The zero-order valence-corrected chi connectivity index (χ0v) is 15.7. The Morgan fingerprint density at radius 2 is 1.89 bits per heavy atom. The SMILES string of the molecule is CCc1ccc([C@@H](NCC(=O)Nc2cc(F)ccc2F)c2cccs2)cc1. The maximum atomic E-state index is 13.7. The number of carbonyl (C=O) groups is 1. The molecule has 0 aliphatic heterocycles. The third-order valence-corrected chi connectivity index (χ3v) is 5.16. The van der Waals surface area contributed by atoms with Crippen molar-refractivity contribution in [2.24, 2.45) is 0 Å². The van der Waals surface area contributed by atoms with E-state index in [4.69, 9.17) is 0 Å². The summed E-state index contributed by atoms with van der Waals surface area (Å²) in [6.07, 6.45) is 0.957. The monoisotopic (exact) mass is 386 g/mol. The highest BCUT2D eigenvalue weighted by molar-refractivity contribution is 7.10. The molecule has 1 amide bonds. The number of aryl methyl sites for hydroxylation is 1. The van der Waals surface area contributed by atoms with Crippen molar-refractivity contribution in [1.82, 2.24) is 5.32 Å². The number of anilines is 1. The van der Waals surface area contributed by atoms with Crippen LogP contribution in [0.4, 0.5) is 14.5 Å². The Morgan fingerprint density at radius 3 is 2.56 bits per heavy atom. The molecule has 3 aromatic rings. The topological polar surface area (TPSA) is 41.1 Å². The first-order chi connectivity index (χ1) is 13.1. The van der Waals surface area contributed by atoms with Gasteiger partial charge in [-0.15, -0.1) is 11.3 Å². The van der Waals surface area contributed by atoms with Gasteiger partial charge in [-0.05, 0) is 41.1 Å². The molecule has 2 aromatic carbocycles. The summed E-state index contributed by atoms with van der Waals surface area (Å²) in [7, 11) is 0. The molecule has 27 heavy (non-hydrogen) atoms. The quantitative estimate of drug-likeness (QED) is 0.606. The number of halogens is 2. The Balaban J connectivity index is 1.71. The molecular formula is C21H20F2N2OS. The molecule has 1 heterocycles. The molecule has 3 nitrogen and oxygen atoms in total. The van der Waals surface area contributed by atoms with Gasteiger partial charge in [0.2, 0.25) is 5.91 Å². The molecule has 0 unspecified atom stereocenters. The van der Waals surface area contributed by atoms with E-state index in [0.29, 0.717) is 0 Å². The second-order valence-corrected chi connectivity index (χ2v) is 7.08. The number of thiophene rings is 1. The minimum atomic E-state index is -0.672. The molecule has 2 N–H and O–H groups in total. The highest BCUT2D eigenvalue weighted by Gasteiger charge is 2.17. The number of carbonyl (C=O) groups excluding carboxylic acids is 1. The van der Waals surface area contributed by atoms with Crippen molar-refractivity contribution in [2.45, 2.75) is 19.4 Å². The summed E-state index contributed by atoms with van der Waals surface area (Å²) < 4.78 is 26.9. The van der Waals surface area contributed by atoms with Gasteiger partial charge in [-0.25, -0.2) is 8.78 Å². The number of hydrogen-bond donors (Lipinski definition) is 2. The van der Waals surface area contributed by atoms with E-state index in [2.05, 4.69) is 29.7 Å². The maximum absolute atomic E-state index is 13.7. The Kier molecular flexibility index (Phi) is 6.32. The van der Waals surface area contributed by atoms with Crippen LogP contribution < -0.4 is 10.6 Å². The third-order valence-electron chi connectivity index (χ3n) is 4.22. The summed E-state index contributed by atoms with van der Waals surface area (Å²) in [5, 5.41) is 7.60. The Morgan fingerprint density at radius 1 is 1.11 bits per heavy atom. The molecule has 0 spiro atoms. The van der Waals surface area contributed by atoms with Gasteiger partial charge in [-0.3, -0.25) is 10.1 Å². The lowest BCUT2D eigenvalue weighted by atomic mass is 10.0. The third kappa shape index (κ3) is 4.99. The van der Waals surface area contributed by atoms with Crippen molar-refractivity contribution in [3.8, 4) is 0 Å². The van der Waals surface area contributed by atoms with E-state index in [9.17, 15) is 13.6 Å². The van der Waals surface area contributed by atoms with Crippen LogP contribution in [0.5, 0.6) is 0 Å². The van der Waals surface area contributed by atoms with Gasteiger partial charge in [0, 0.05) is 10.9 Å². The fourth-order valence-corrected chi connectivity index (χ4v) is 3.59. The first-order valence-electron chi connectivity index (χ1n) is 8.67. The fraction of sp³-hybridized carbons (Fsp3) is 0.190. The molecule has 0 aliphatic rings. The molecule has 1 aromatic heterocycles. The molecule has 0 fully saturated rings. The van der Waals surface area contributed by atoms with E-state index in [1.165, 1.54) is 5.56 Å². The average Bonchev–Trinajstić information content (AvgIpc) is 3.20. The lowest BCUT2D eigenvalue weighted by molar-refractivity contribution is -0.115. The first-order valence-corrected chi connectivity index (χ1v) is 9.55. The smallest absolute Gasteiger partial charge is 0.238 e. The number of nitrogens with one attached hydrogen (secondary N) is 2. The van der Waals surface area contributed by atoms with E-state index < -0.39 is 17.5 Å². The molecule has 0 radical (unpaired) electrons. The molecule has 140 valence electrons. The van der Waals surface area contributed by atoms with Gasteiger partial charge < -0.3 is 5.32 Å². The van der Waals surface area contributed by atoms with E-state index in [1.54, 1.807) is 11.3 Å².